The van der Waals surface area contributed by atoms with Crippen LogP contribution in [0.25, 0.3) is 0 Å². The highest BCUT2D eigenvalue weighted by molar-refractivity contribution is 5.96. The van der Waals surface area contributed by atoms with Crippen LogP contribution in [-0.2, 0) is 12.8 Å². The Bertz CT molecular complexity index is 1250. The first-order chi connectivity index (χ1) is 16.6. The number of amides is 1. The van der Waals surface area contributed by atoms with E-state index >= 15 is 0 Å². The van der Waals surface area contributed by atoms with E-state index in [-0.39, 0.29) is 23.4 Å². The van der Waals surface area contributed by atoms with Crippen molar-refractivity contribution in [1.82, 2.24) is 14.5 Å². The average Bonchev–Trinajstić information content (AvgIpc) is 3.51. The van der Waals surface area contributed by atoms with Crippen LogP contribution in [0.1, 0.15) is 77.4 Å². The number of benzene rings is 2. The molecule has 6 nitrogen and oxygen atoms in total. The molecule has 1 amide bonds. The van der Waals surface area contributed by atoms with Gasteiger partial charge in [0.2, 0.25) is 5.88 Å². The summed E-state index contributed by atoms with van der Waals surface area (Å²) in [4.78, 5) is 32.6. The van der Waals surface area contributed by atoms with Crippen LogP contribution >= 0.6 is 0 Å². The van der Waals surface area contributed by atoms with Gasteiger partial charge in [0.05, 0.1) is 6.04 Å². The van der Waals surface area contributed by atoms with Gasteiger partial charge in [0.1, 0.15) is 5.82 Å². The third-order valence-corrected chi connectivity index (χ3v) is 7.30. The monoisotopic (exact) mass is 457 g/mol. The summed E-state index contributed by atoms with van der Waals surface area (Å²) in [6.07, 6.45) is 4.94. The second-order valence-corrected chi connectivity index (χ2v) is 9.41. The molecule has 3 aromatic rings. The summed E-state index contributed by atoms with van der Waals surface area (Å²) < 4.78 is 1.76. The number of aromatic hydroxyl groups is 1. The zero-order valence-corrected chi connectivity index (χ0v) is 19.6. The molecule has 1 aromatic heterocycles. The van der Waals surface area contributed by atoms with E-state index < -0.39 is 11.5 Å². The van der Waals surface area contributed by atoms with E-state index in [0.717, 1.165) is 37.7 Å². The number of carbonyl (C=O) groups excluding carboxylic acids is 1. The molecular formula is C28H31N3O3. The smallest absolute Gasteiger partial charge is 0.289 e. The second kappa shape index (κ2) is 9.45. The third kappa shape index (κ3) is 4.02. The van der Waals surface area contributed by atoms with Crippen LogP contribution in [0.3, 0.4) is 0 Å². The molecule has 0 radical (unpaired) electrons. The zero-order chi connectivity index (χ0) is 23.7. The Hall–Kier alpha value is -3.41. The molecule has 0 spiro atoms. The van der Waals surface area contributed by atoms with Crippen molar-refractivity contribution in [3.8, 4) is 5.88 Å². The first-order valence-corrected chi connectivity index (χ1v) is 12.3. The zero-order valence-electron chi connectivity index (χ0n) is 19.6. The number of hydrogen-bond donors (Lipinski definition) is 1. The molecule has 2 heterocycles. The van der Waals surface area contributed by atoms with Crippen molar-refractivity contribution in [3.63, 3.8) is 0 Å². The molecule has 1 aliphatic carbocycles. The number of aryl methyl sites for hydroxylation is 2. The number of nitrogens with zero attached hydrogens (tertiary/aromatic N) is 3. The molecule has 0 saturated carbocycles. The summed E-state index contributed by atoms with van der Waals surface area (Å²) in [6.45, 7) is 3.17. The van der Waals surface area contributed by atoms with E-state index in [9.17, 15) is 14.7 Å². The number of unbranched alkanes of at least 4 members (excludes halogenated alkanes) is 1. The molecule has 1 N–H and O–H groups in total. The van der Waals surface area contributed by atoms with E-state index in [2.05, 4.69) is 36.2 Å². The number of likely N-dealkylation sites (tertiary alicyclic amines) is 1. The molecule has 1 unspecified atom stereocenters. The van der Waals surface area contributed by atoms with Crippen LogP contribution in [0.4, 0.5) is 0 Å². The van der Waals surface area contributed by atoms with Gasteiger partial charge in [-0.1, -0.05) is 67.9 Å². The number of fused-ring (bicyclic) bond motifs is 1. The highest BCUT2D eigenvalue weighted by atomic mass is 16.3. The summed E-state index contributed by atoms with van der Waals surface area (Å²) in [5.74, 6) is 0.135. The maximum Gasteiger partial charge on any atom is 0.289 e. The van der Waals surface area contributed by atoms with Crippen molar-refractivity contribution in [3.05, 3.63) is 93.0 Å². The summed E-state index contributed by atoms with van der Waals surface area (Å²) >= 11 is 0. The first kappa shape index (κ1) is 22.4. The van der Waals surface area contributed by atoms with Crippen LogP contribution < -0.4 is 5.56 Å². The quantitative estimate of drug-likeness (QED) is 0.593. The SMILES string of the molecule is CCCCc1nc(=O)c(C(=O)N2CC[C@H](c3ccccc3)C2)c(O)n1C1CCc2ccccc21. The molecule has 0 bridgehead atoms. The summed E-state index contributed by atoms with van der Waals surface area (Å²) in [7, 11) is 0. The normalized spacial score (nSPS) is 19.4. The van der Waals surface area contributed by atoms with Gasteiger partial charge >= 0.3 is 0 Å². The minimum Gasteiger partial charge on any atom is -0.494 e. The summed E-state index contributed by atoms with van der Waals surface area (Å²) in [5.41, 5.74) is 2.74. The number of rotatable bonds is 6. The number of carbonyl (C=O) groups is 1. The van der Waals surface area contributed by atoms with Crippen molar-refractivity contribution in [1.29, 1.82) is 0 Å². The van der Waals surface area contributed by atoms with E-state index in [1.165, 1.54) is 11.1 Å². The van der Waals surface area contributed by atoms with Gasteiger partial charge in [-0.3, -0.25) is 14.2 Å². The van der Waals surface area contributed by atoms with E-state index in [1.807, 2.05) is 30.3 Å². The Labute approximate surface area is 199 Å². The molecule has 5 rings (SSSR count). The molecular weight excluding hydrogens is 426 g/mol. The van der Waals surface area contributed by atoms with Gasteiger partial charge in [-0.25, -0.2) is 0 Å². The van der Waals surface area contributed by atoms with Crippen molar-refractivity contribution in [2.45, 2.75) is 57.4 Å². The molecule has 6 heteroatoms. The predicted octanol–water partition coefficient (Wildman–Crippen LogP) is 4.46. The van der Waals surface area contributed by atoms with Crippen LogP contribution in [0.5, 0.6) is 5.88 Å². The maximum atomic E-state index is 13.5. The van der Waals surface area contributed by atoms with Crippen LogP contribution in [-0.4, -0.2) is 38.6 Å². The van der Waals surface area contributed by atoms with Crippen LogP contribution in [0.15, 0.2) is 59.4 Å². The van der Waals surface area contributed by atoms with Crippen LogP contribution in [0.2, 0.25) is 0 Å². The Morgan fingerprint density at radius 2 is 1.85 bits per heavy atom. The molecule has 2 aliphatic rings. The molecule has 2 atom stereocenters. The van der Waals surface area contributed by atoms with Crippen molar-refractivity contribution >= 4 is 5.91 Å². The van der Waals surface area contributed by atoms with Gasteiger partial charge in [0.25, 0.3) is 11.5 Å². The lowest BCUT2D eigenvalue weighted by molar-refractivity contribution is 0.0783. The molecule has 1 aliphatic heterocycles. The number of aromatic nitrogens is 2. The Morgan fingerprint density at radius 3 is 2.65 bits per heavy atom. The van der Waals surface area contributed by atoms with Crippen molar-refractivity contribution in [2.24, 2.45) is 0 Å². The fraction of sp³-hybridized carbons (Fsp3) is 0.393. The molecule has 1 saturated heterocycles. The van der Waals surface area contributed by atoms with E-state index in [0.29, 0.717) is 25.3 Å². The number of hydrogen-bond acceptors (Lipinski definition) is 4. The fourth-order valence-electron chi connectivity index (χ4n) is 5.49. The Morgan fingerprint density at radius 1 is 1.09 bits per heavy atom. The minimum absolute atomic E-state index is 0.127. The highest BCUT2D eigenvalue weighted by Gasteiger charge is 2.35. The lowest BCUT2D eigenvalue weighted by Gasteiger charge is -2.24. The molecule has 34 heavy (non-hydrogen) atoms. The minimum atomic E-state index is -0.626. The predicted molar refractivity (Wildman–Crippen MR) is 131 cm³/mol. The van der Waals surface area contributed by atoms with Gasteiger partial charge in [-0.2, -0.15) is 4.98 Å². The van der Waals surface area contributed by atoms with Gasteiger partial charge in [0, 0.05) is 25.4 Å². The topological polar surface area (TPSA) is 75.4 Å². The summed E-state index contributed by atoms with van der Waals surface area (Å²) in [5, 5.41) is 11.4. The first-order valence-electron chi connectivity index (χ1n) is 12.3. The van der Waals surface area contributed by atoms with Crippen molar-refractivity contribution < 1.29 is 9.90 Å². The van der Waals surface area contributed by atoms with Crippen LogP contribution in [0, 0.1) is 0 Å². The van der Waals surface area contributed by atoms with Gasteiger partial charge < -0.3 is 10.0 Å². The lowest BCUT2D eigenvalue weighted by Crippen LogP contribution is -2.35. The second-order valence-electron chi connectivity index (χ2n) is 9.41. The summed E-state index contributed by atoms with van der Waals surface area (Å²) in [6, 6.07) is 18.2. The third-order valence-electron chi connectivity index (χ3n) is 7.30. The maximum absolute atomic E-state index is 13.5. The standard InChI is InChI=1S/C28H31N3O3/c1-2-3-13-24-29-26(32)25(27(33)30-17-16-21(18-30)19-9-5-4-6-10-19)28(34)31(24)23-15-14-20-11-7-8-12-22(20)23/h4-12,21,23,34H,2-3,13-18H2,1H3/t21-,23?/m0/s1. The molecule has 1 fully saturated rings. The van der Waals surface area contributed by atoms with Gasteiger partial charge in [0.15, 0.2) is 5.56 Å². The Balaban J connectivity index is 1.52. The van der Waals surface area contributed by atoms with E-state index in [4.69, 9.17) is 0 Å². The van der Waals surface area contributed by atoms with E-state index in [1.54, 1.807) is 9.47 Å². The lowest BCUT2D eigenvalue weighted by atomic mass is 9.99. The largest absolute Gasteiger partial charge is 0.494 e. The Kier molecular flexibility index (Phi) is 6.22. The fourth-order valence-corrected chi connectivity index (χ4v) is 5.49. The van der Waals surface area contributed by atoms with Crippen molar-refractivity contribution in [2.75, 3.05) is 13.1 Å². The van der Waals surface area contributed by atoms with Gasteiger partial charge in [-0.15, -0.1) is 0 Å². The molecule has 2 aromatic carbocycles. The van der Waals surface area contributed by atoms with Gasteiger partial charge in [-0.05, 0) is 42.4 Å². The highest BCUT2D eigenvalue weighted by Crippen LogP contribution is 2.38. The molecule has 176 valence electrons. The average molecular weight is 458 g/mol.